The lowest BCUT2D eigenvalue weighted by atomic mass is 9.81. The molecule has 2 aliphatic rings. The van der Waals surface area contributed by atoms with Crippen molar-refractivity contribution in [2.45, 2.75) is 159 Å². The largest absolute Gasteiger partial charge is 0.394 e. The van der Waals surface area contributed by atoms with Crippen LogP contribution in [0.4, 0.5) is 0 Å². The molecule has 0 bridgehead atoms. The van der Waals surface area contributed by atoms with Crippen molar-refractivity contribution in [2.75, 3.05) is 13.7 Å². The van der Waals surface area contributed by atoms with E-state index < -0.39 is 116 Å². The molecule has 16 atom stereocenters. The Labute approximate surface area is 289 Å². The Morgan fingerprint density at radius 3 is 2.22 bits per heavy atom. The quantitative estimate of drug-likeness (QED) is 0.0557. The Hall–Kier alpha value is -1.35. The number of amides is 1. The molecule has 0 aromatic carbocycles. The molecule has 0 radical (unpaired) electrons. The van der Waals surface area contributed by atoms with Crippen LogP contribution >= 0.6 is 0 Å². The summed E-state index contributed by atoms with van der Waals surface area (Å²) >= 11 is 0. The number of ether oxygens (including phenoxy) is 5. The summed E-state index contributed by atoms with van der Waals surface area (Å²) in [5.74, 6) is -4.30. The molecule has 2 saturated heterocycles. The van der Waals surface area contributed by atoms with Crippen LogP contribution in [0.3, 0.4) is 0 Å². The van der Waals surface area contributed by atoms with Gasteiger partial charge in [-0.2, -0.15) is 0 Å². The maximum absolute atomic E-state index is 13.9. The number of allylic oxidation sites excluding steroid dienone is 1. The predicted octanol–water partition coefficient (Wildman–Crippen LogP) is -1.77. The Morgan fingerprint density at radius 1 is 1.06 bits per heavy atom. The second-order valence-electron chi connectivity index (χ2n) is 14.2. The van der Waals surface area contributed by atoms with E-state index in [2.05, 4.69) is 5.32 Å². The minimum Gasteiger partial charge on any atom is -0.394 e. The maximum Gasteiger partial charge on any atom is 0.228 e. The number of methoxy groups -OCH3 is 1. The summed E-state index contributed by atoms with van der Waals surface area (Å²) in [5, 5.41) is 87.5. The van der Waals surface area contributed by atoms with Gasteiger partial charge in [0.25, 0.3) is 0 Å². The van der Waals surface area contributed by atoms with Gasteiger partial charge in [0.05, 0.1) is 67.3 Å². The average molecular weight is 711 g/mol. The highest BCUT2D eigenvalue weighted by Gasteiger charge is 2.51. The summed E-state index contributed by atoms with van der Waals surface area (Å²) in [6, 6.07) is -2.12. The third-order valence-electron chi connectivity index (χ3n) is 9.12. The third-order valence-corrected chi connectivity index (χ3v) is 9.12. The van der Waals surface area contributed by atoms with Crippen LogP contribution < -0.4 is 11.1 Å². The van der Waals surface area contributed by atoms with Gasteiger partial charge in [0.2, 0.25) is 5.91 Å². The molecule has 288 valence electrons. The zero-order valence-electron chi connectivity index (χ0n) is 29.9. The van der Waals surface area contributed by atoms with E-state index in [0.717, 1.165) is 0 Å². The van der Waals surface area contributed by atoms with Gasteiger partial charge >= 0.3 is 0 Å². The van der Waals surface area contributed by atoms with E-state index in [1.807, 2.05) is 19.9 Å². The number of nitrogens with two attached hydrogens (primary N) is 1. The van der Waals surface area contributed by atoms with E-state index in [4.69, 9.17) is 29.4 Å². The minimum absolute atomic E-state index is 0.0546. The van der Waals surface area contributed by atoms with Gasteiger partial charge in [-0.15, -0.1) is 0 Å². The van der Waals surface area contributed by atoms with Gasteiger partial charge in [0.15, 0.2) is 18.4 Å². The molecule has 0 saturated carbocycles. The van der Waals surface area contributed by atoms with Crippen LogP contribution in [-0.2, 0) is 28.5 Å². The Morgan fingerprint density at radius 2 is 1.69 bits per heavy atom. The molecule has 16 heteroatoms. The average Bonchev–Trinajstić information content (AvgIpc) is 3.00. The van der Waals surface area contributed by atoms with E-state index in [1.54, 1.807) is 26.8 Å². The summed E-state index contributed by atoms with van der Waals surface area (Å²) in [6.07, 6.45) is -11.6. The van der Waals surface area contributed by atoms with E-state index in [9.17, 15) is 45.6 Å². The molecule has 0 aromatic heterocycles. The minimum atomic E-state index is -2.03. The standard InChI is InChI=1S/C33H62N2O14/c1-15(2)9-10-20(47-32-29(42)26(34)28(41)19(7)46-32)11-23-25(22(39)13-33(44,49-23)12-21(38)16(3)4)30(43)35-17(5)27(40)31(45-8)48-24(14-36)18(6)37/h9-10,15-29,31-32,36-42,44H,11-14,34H2,1-8H3,(H,35,43)/b10-9+/t17?,18?,19?,20-,21+,22-,23-,24?,25+,26?,27?,28?,29?,31?,32?,33+/m0/s1. The fourth-order valence-corrected chi connectivity index (χ4v) is 5.84. The van der Waals surface area contributed by atoms with Crippen molar-refractivity contribution in [3.8, 4) is 0 Å². The zero-order chi connectivity index (χ0) is 37.4. The van der Waals surface area contributed by atoms with E-state index >= 15 is 0 Å². The zero-order valence-corrected chi connectivity index (χ0v) is 29.9. The first-order valence-electron chi connectivity index (χ1n) is 17.1. The second kappa shape index (κ2) is 19.5. The molecule has 49 heavy (non-hydrogen) atoms. The molecule has 0 aliphatic carbocycles. The van der Waals surface area contributed by atoms with Crippen LogP contribution in [0.25, 0.3) is 0 Å². The summed E-state index contributed by atoms with van der Waals surface area (Å²) in [4.78, 5) is 13.9. The molecule has 0 spiro atoms. The number of hydrogen-bond acceptors (Lipinski definition) is 15. The Bertz CT molecular complexity index is 1020. The number of aliphatic hydroxyl groups is 8. The fraction of sp³-hybridized carbons (Fsp3) is 0.909. The van der Waals surface area contributed by atoms with Crippen LogP contribution in [0, 0.1) is 17.8 Å². The highest BCUT2D eigenvalue weighted by molar-refractivity contribution is 5.80. The molecule has 16 nitrogen and oxygen atoms in total. The molecular weight excluding hydrogens is 648 g/mol. The lowest BCUT2D eigenvalue weighted by Gasteiger charge is -2.46. The second-order valence-corrected chi connectivity index (χ2v) is 14.2. The lowest BCUT2D eigenvalue weighted by molar-refractivity contribution is -0.307. The van der Waals surface area contributed by atoms with Crippen molar-refractivity contribution in [3.63, 3.8) is 0 Å². The SMILES string of the molecule is COC(OC(CO)C(C)O)C(O)C(C)NC(=O)[C@H]1[C@H](C[C@H](/C=C/C(C)C)OC2OC(C)C(O)C(N)C2O)O[C@](O)(C[C@@H](O)C(C)C)C[C@@H]1O. The normalized spacial score (nSPS) is 35.6. The highest BCUT2D eigenvalue weighted by atomic mass is 16.7. The topological polar surface area (TPSA) is 263 Å². The lowest BCUT2D eigenvalue weighted by Crippen LogP contribution is -2.62. The van der Waals surface area contributed by atoms with Gasteiger partial charge in [0, 0.05) is 26.4 Å². The van der Waals surface area contributed by atoms with Crippen molar-refractivity contribution in [3.05, 3.63) is 12.2 Å². The number of nitrogens with one attached hydrogen (secondary N) is 1. The molecule has 2 aliphatic heterocycles. The van der Waals surface area contributed by atoms with Gasteiger partial charge in [0.1, 0.15) is 18.3 Å². The fourth-order valence-electron chi connectivity index (χ4n) is 5.84. The molecule has 10 unspecified atom stereocenters. The molecular formula is C33H62N2O14. The van der Waals surface area contributed by atoms with Gasteiger partial charge in [-0.1, -0.05) is 39.8 Å². The molecule has 2 heterocycles. The van der Waals surface area contributed by atoms with Gasteiger partial charge < -0.3 is 75.6 Å². The van der Waals surface area contributed by atoms with E-state index in [1.165, 1.54) is 21.0 Å². The Balaban J connectivity index is 2.41. The van der Waals surface area contributed by atoms with Crippen molar-refractivity contribution in [1.82, 2.24) is 5.32 Å². The summed E-state index contributed by atoms with van der Waals surface area (Å²) < 4.78 is 28.7. The highest BCUT2D eigenvalue weighted by Crippen LogP contribution is 2.38. The predicted molar refractivity (Wildman–Crippen MR) is 175 cm³/mol. The summed E-state index contributed by atoms with van der Waals surface area (Å²) in [5.41, 5.74) is 6.01. The van der Waals surface area contributed by atoms with Gasteiger partial charge in [-0.05, 0) is 32.6 Å². The van der Waals surface area contributed by atoms with E-state index in [-0.39, 0.29) is 24.7 Å². The van der Waals surface area contributed by atoms with Crippen LogP contribution in [0.1, 0.15) is 67.7 Å². The van der Waals surface area contributed by atoms with Crippen LogP contribution in [0.2, 0.25) is 0 Å². The molecule has 0 aromatic rings. The van der Waals surface area contributed by atoms with Crippen molar-refractivity contribution >= 4 is 5.91 Å². The summed E-state index contributed by atoms with van der Waals surface area (Å²) in [6.45, 7) is 11.2. The summed E-state index contributed by atoms with van der Waals surface area (Å²) in [7, 11) is 1.24. The molecule has 2 rings (SSSR count). The van der Waals surface area contributed by atoms with Gasteiger partial charge in [-0.3, -0.25) is 4.79 Å². The van der Waals surface area contributed by atoms with Crippen molar-refractivity contribution in [1.29, 1.82) is 0 Å². The first kappa shape index (κ1) is 43.8. The molecule has 1 amide bonds. The first-order valence-corrected chi connectivity index (χ1v) is 17.1. The molecule has 11 N–H and O–H groups in total. The van der Waals surface area contributed by atoms with Crippen LogP contribution in [-0.4, -0.2) is 152 Å². The maximum atomic E-state index is 13.9. The molecule has 2 fully saturated rings. The monoisotopic (exact) mass is 710 g/mol. The number of carbonyl (C=O) groups excluding carboxylic acids is 1. The number of aliphatic hydroxyl groups excluding tert-OH is 7. The van der Waals surface area contributed by atoms with Crippen molar-refractivity contribution in [2.24, 2.45) is 23.5 Å². The van der Waals surface area contributed by atoms with Gasteiger partial charge in [-0.25, -0.2) is 0 Å². The smallest absolute Gasteiger partial charge is 0.228 e. The van der Waals surface area contributed by atoms with E-state index in [0.29, 0.717) is 0 Å². The number of rotatable bonds is 18. The van der Waals surface area contributed by atoms with Crippen molar-refractivity contribution < 1.29 is 69.3 Å². The van der Waals surface area contributed by atoms with Crippen LogP contribution in [0.15, 0.2) is 12.2 Å². The third kappa shape index (κ3) is 12.4. The first-order chi connectivity index (χ1) is 22.7. The Kier molecular flexibility index (Phi) is 17.4. The number of carbonyl (C=O) groups is 1. The van der Waals surface area contributed by atoms with Crippen LogP contribution in [0.5, 0.6) is 0 Å². The number of hydrogen-bond donors (Lipinski definition) is 10.